The Labute approximate surface area is 90.7 Å². The Morgan fingerprint density at radius 1 is 1.38 bits per heavy atom. The molecule has 0 aliphatic rings. The van der Waals surface area contributed by atoms with Gasteiger partial charge in [0.25, 0.3) is 0 Å². The van der Waals surface area contributed by atoms with Gasteiger partial charge in [0.1, 0.15) is 11.6 Å². The zero-order chi connectivity index (χ0) is 11.5. The monoisotopic (exact) mass is 221 g/mol. The highest BCUT2D eigenvalue weighted by Gasteiger charge is 2.11. The Balaban J connectivity index is 2.15. The molecule has 2 aromatic heterocycles. The van der Waals surface area contributed by atoms with Gasteiger partial charge in [0.05, 0.1) is 6.04 Å². The lowest BCUT2D eigenvalue weighted by Crippen LogP contribution is -2.11. The van der Waals surface area contributed by atoms with Gasteiger partial charge in [0.2, 0.25) is 5.95 Å². The maximum atomic E-state index is 5.53. The van der Waals surface area contributed by atoms with Gasteiger partial charge >= 0.3 is 0 Å². The Bertz CT molecular complexity index is 444. The molecule has 0 aliphatic carbocycles. The molecule has 9 nitrogen and oxygen atoms in total. The Morgan fingerprint density at radius 2 is 2.19 bits per heavy atom. The minimum atomic E-state index is -0.160. The minimum absolute atomic E-state index is 0.114. The first kappa shape index (κ1) is 10.1. The first-order chi connectivity index (χ1) is 7.65. The third-order valence-electron chi connectivity index (χ3n) is 1.88. The van der Waals surface area contributed by atoms with Crippen LogP contribution in [0.2, 0.25) is 0 Å². The molecule has 0 saturated heterocycles. The van der Waals surface area contributed by atoms with E-state index in [0.717, 1.165) is 0 Å². The molecule has 0 amide bonds. The van der Waals surface area contributed by atoms with E-state index in [1.807, 2.05) is 6.92 Å². The summed E-state index contributed by atoms with van der Waals surface area (Å²) in [6.07, 6.45) is 0. The van der Waals surface area contributed by atoms with Gasteiger partial charge in [-0.2, -0.15) is 15.2 Å². The number of anilines is 3. The number of nitrogen functional groups attached to an aromatic ring is 2. The van der Waals surface area contributed by atoms with Crippen molar-refractivity contribution in [2.45, 2.75) is 13.0 Å². The summed E-state index contributed by atoms with van der Waals surface area (Å²) < 4.78 is 0. The molecule has 0 bridgehead atoms. The SMILES string of the molecule is CC(Nc1cc(N)nc(N)n1)c1nn[nH]n1. The number of H-pyrrole nitrogens is 1. The van der Waals surface area contributed by atoms with E-state index in [9.17, 15) is 0 Å². The lowest BCUT2D eigenvalue weighted by atomic mass is 10.3. The molecule has 1 unspecified atom stereocenters. The molecule has 16 heavy (non-hydrogen) atoms. The summed E-state index contributed by atoms with van der Waals surface area (Å²) in [5.74, 6) is 1.45. The number of tetrazole rings is 1. The number of aromatic amines is 1. The van der Waals surface area contributed by atoms with Crippen molar-refractivity contribution in [3.8, 4) is 0 Å². The molecule has 6 N–H and O–H groups in total. The van der Waals surface area contributed by atoms with Crippen LogP contribution in [0.5, 0.6) is 0 Å². The highest BCUT2D eigenvalue weighted by atomic mass is 15.5. The van der Waals surface area contributed by atoms with Crippen molar-refractivity contribution >= 4 is 17.6 Å². The summed E-state index contributed by atoms with van der Waals surface area (Å²) in [5, 5.41) is 16.5. The summed E-state index contributed by atoms with van der Waals surface area (Å²) in [7, 11) is 0. The summed E-state index contributed by atoms with van der Waals surface area (Å²) in [6.45, 7) is 1.86. The second kappa shape index (κ2) is 3.96. The van der Waals surface area contributed by atoms with Crippen molar-refractivity contribution in [3.63, 3.8) is 0 Å². The zero-order valence-corrected chi connectivity index (χ0v) is 8.55. The predicted octanol–water partition coefficient (Wildman–Crippen LogP) is -0.673. The standard InChI is InChI=1S/C7H11N9/c1-3(6-13-15-16-14-6)10-5-2-4(8)11-7(9)12-5/h2-3H,1H3,(H,13,14,15,16)(H5,8,9,10,11,12). The number of hydrogen-bond acceptors (Lipinski definition) is 8. The van der Waals surface area contributed by atoms with Crippen molar-refractivity contribution in [2.24, 2.45) is 0 Å². The molecule has 84 valence electrons. The van der Waals surface area contributed by atoms with Crippen molar-refractivity contribution in [1.29, 1.82) is 0 Å². The summed E-state index contributed by atoms with van der Waals surface area (Å²) >= 11 is 0. The Hall–Kier alpha value is -2.45. The van der Waals surface area contributed by atoms with Crippen molar-refractivity contribution in [2.75, 3.05) is 16.8 Å². The average molecular weight is 221 g/mol. The third-order valence-corrected chi connectivity index (χ3v) is 1.88. The van der Waals surface area contributed by atoms with Gasteiger partial charge in [-0.25, -0.2) is 0 Å². The molecule has 0 saturated carbocycles. The molecule has 9 heteroatoms. The maximum Gasteiger partial charge on any atom is 0.223 e. The Kier molecular flexibility index (Phi) is 2.50. The van der Waals surface area contributed by atoms with Gasteiger partial charge in [-0.1, -0.05) is 5.21 Å². The van der Waals surface area contributed by atoms with Crippen LogP contribution in [0, 0.1) is 0 Å². The summed E-state index contributed by atoms with van der Waals surface area (Å²) in [4.78, 5) is 7.73. The first-order valence-electron chi connectivity index (χ1n) is 4.55. The van der Waals surface area contributed by atoms with Crippen LogP contribution >= 0.6 is 0 Å². The van der Waals surface area contributed by atoms with E-state index in [4.69, 9.17) is 11.5 Å². The topological polar surface area (TPSA) is 144 Å². The van der Waals surface area contributed by atoms with E-state index in [1.165, 1.54) is 0 Å². The Morgan fingerprint density at radius 3 is 2.81 bits per heavy atom. The van der Waals surface area contributed by atoms with Crippen LogP contribution in [-0.4, -0.2) is 30.6 Å². The van der Waals surface area contributed by atoms with E-state index in [0.29, 0.717) is 17.5 Å². The van der Waals surface area contributed by atoms with Crippen LogP contribution in [0.1, 0.15) is 18.8 Å². The minimum Gasteiger partial charge on any atom is -0.383 e. The van der Waals surface area contributed by atoms with Crippen LogP contribution in [0.15, 0.2) is 6.07 Å². The zero-order valence-electron chi connectivity index (χ0n) is 8.55. The number of nitrogens with zero attached hydrogens (tertiary/aromatic N) is 5. The van der Waals surface area contributed by atoms with Gasteiger partial charge in [-0.05, 0) is 6.92 Å². The predicted molar refractivity (Wildman–Crippen MR) is 57.1 cm³/mol. The van der Waals surface area contributed by atoms with Gasteiger partial charge in [-0.15, -0.1) is 10.2 Å². The number of rotatable bonds is 3. The normalized spacial score (nSPS) is 12.3. The van der Waals surface area contributed by atoms with Crippen LogP contribution in [0.25, 0.3) is 0 Å². The van der Waals surface area contributed by atoms with Crippen molar-refractivity contribution < 1.29 is 0 Å². The van der Waals surface area contributed by atoms with E-state index in [2.05, 4.69) is 35.9 Å². The molecule has 2 rings (SSSR count). The molecule has 0 aromatic carbocycles. The number of aromatic nitrogens is 6. The second-order valence-corrected chi connectivity index (χ2v) is 3.17. The molecular formula is C7H11N9. The van der Waals surface area contributed by atoms with Crippen LogP contribution in [0.4, 0.5) is 17.6 Å². The highest BCUT2D eigenvalue weighted by molar-refractivity contribution is 5.49. The highest BCUT2D eigenvalue weighted by Crippen LogP contribution is 2.15. The lowest BCUT2D eigenvalue weighted by molar-refractivity contribution is 0.787. The molecular weight excluding hydrogens is 210 g/mol. The van der Waals surface area contributed by atoms with Crippen LogP contribution < -0.4 is 16.8 Å². The van der Waals surface area contributed by atoms with Gasteiger partial charge in [0, 0.05) is 6.07 Å². The molecule has 0 fully saturated rings. The fourth-order valence-corrected chi connectivity index (χ4v) is 1.20. The quantitative estimate of drug-likeness (QED) is 0.533. The summed E-state index contributed by atoms with van der Waals surface area (Å²) in [6, 6.07) is 1.42. The average Bonchev–Trinajstić information content (AvgIpc) is 2.68. The van der Waals surface area contributed by atoms with E-state index in [1.54, 1.807) is 6.07 Å². The smallest absolute Gasteiger partial charge is 0.223 e. The van der Waals surface area contributed by atoms with Gasteiger partial charge < -0.3 is 16.8 Å². The molecule has 2 aromatic rings. The van der Waals surface area contributed by atoms with Crippen LogP contribution in [-0.2, 0) is 0 Å². The largest absolute Gasteiger partial charge is 0.383 e. The number of hydrogen-bond donors (Lipinski definition) is 4. The lowest BCUT2D eigenvalue weighted by Gasteiger charge is -2.10. The third kappa shape index (κ3) is 2.13. The number of nitrogens with one attached hydrogen (secondary N) is 2. The van der Waals surface area contributed by atoms with Crippen molar-refractivity contribution in [3.05, 3.63) is 11.9 Å². The summed E-state index contributed by atoms with van der Waals surface area (Å²) in [5.41, 5.74) is 11.0. The van der Waals surface area contributed by atoms with E-state index < -0.39 is 0 Å². The maximum absolute atomic E-state index is 5.53. The van der Waals surface area contributed by atoms with Crippen LogP contribution in [0.3, 0.4) is 0 Å². The van der Waals surface area contributed by atoms with Gasteiger partial charge in [-0.3, -0.25) is 0 Å². The van der Waals surface area contributed by atoms with Gasteiger partial charge in [0.15, 0.2) is 5.82 Å². The molecule has 0 spiro atoms. The number of nitrogens with two attached hydrogens (primary N) is 2. The van der Waals surface area contributed by atoms with Crippen molar-refractivity contribution in [1.82, 2.24) is 30.6 Å². The second-order valence-electron chi connectivity index (χ2n) is 3.17. The molecule has 0 radical (unpaired) electrons. The molecule has 2 heterocycles. The van der Waals surface area contributed by atoms with E-state index in [-0.39, 0.29) is 12.0 Å². The molecule has 0 aliphatic heterocycles. The first-order valence-corrected chi connectivity index (χ1v) is 4.55. The fourth-order valence-electron chi connectivity index (χ4n) is 1.20. The van der Waals surface area contributed by atoms with E-state index >= 15 is 0 Å². The molecule has 1 atom stereocenters. The fraction of sp³-hybridized carbons (Fsp3) is 0.286.